The van der Waals surface area contributed by atoms with Gasteiger partial charge in [0.05, 0.1) is 49.4 Å². The van der Waals surface area contributed by atoms with E-state index in [0.717, 1.165) is 61.2 Å². The number of aromatic amines is 2. The molecular formula is C44H46N8O6. The average Bonchev–Trinajstić information content (AvgIpc) is 3.87. The molecule has 58 heavy (non-hydrogen) atoms. The summed E-state index contributed by atoms with van der Waals surface area (Å²) in [6, 6.07) is 28.7. The molecule has 0 aliphatic carbocycles. The van der Waals surface area contributed by atoms with Crippen LogP contribution in [0.5, 0.6) is 0 Å². The van der Waals surface area contributed by atoms with Crippen molar-refractivity contribution in [1.29, 1.82) is 0 Å². The van der Waals surface area contributed by atoms with Crippen molar-refractivity contribution in [3.05, 3.63) is 108 Å². The van der Waals surface area contributed by atoms with Gasteiger partial charge in [-0.2, -0.15) is 0 Å². The molecule has 0 aliphatic rings. The van der Waals surface area contributed by atoms with Gasteiger partial charge in [0, 0.05) is 23.4 Å². The van der Waals surface area contributed by atoms with E-state index >= 15 is 0 Å². The number of hydrogen-bond donors (Lipinski definition) is 4. The first-order valence-corrected chi connectivity index (χ1v) is 19.2. The highest BCUT2D eigenvalue weighted by atomic mass is 16.5. The van der Waals surface area contributed by atoms with Crippen molar-refractivity contribution < 1.29 is 28.7 Å². The number of nitrogens with zero attached hydrogens (tertiary/aromatic N) is 4. The van der Waals surface area contributed by atoms with Crippen molar-refractivity contribution in [3.63, 3.8) is 0 Å². The lowest BCUT2D eigenvalue weighted by molar-refractivity contribution is -0.136. The molecule has 0 unspecified atom stereocenters. The van der Waals surface area contributed by atoms with Gasteiger partial charge < -0.3 is 39.9 Å². The van der Waals surface area contributed by atoms with Crippen LogP contribution in [-0.2, 0) is 32.2 Å². The van der Waals surface area contributed by atoms with Crippen LogP contribution in [0.1, 0.15) is 50.4 Å². The second kappa shape index (κ2) is 17.0. The first-order valence-electron chi connectivity index (χ1n) is 19.2. The highest BCUT2D eigenvalue weighted by Gasteiger charge is 2.30. The first-order chi connectivity index (χ1) is 28.1. The summed E-state index contributed by atoms with van der Waals surface area (Å²) in [5, 5.41) is 9.17. The van der Waals surface area contributed by atoms with Gasteiger partial charge in [0.2, 0.25) is 5.91 Å². The lowest BCUT2D eigenvalue weighted by Crippen LogP contribution is -2.45. The number of carbonyl (C=O) groups excluding carboxylic acids is 4. The van der Waals surface area contributed by atoms with Crippen molar-refractivity contribution in [1.82, 2.24) is 40.4 Å². The number of hydrogen-bond acceptors (Lipinski definition) is 8. The molecule has 298 valence electrons. The number of alkyl carbamates (subject to hydrolysis) is 2. The molecular weight excluding hydrogens is 737 g/mol. The summed E-state index contributed by atoms with van der Waals surface area (Å²) in [4.78, 5) is 70.6. The molecule has 2 heterocycles. The molecule has 7 aromatic rings. The van der Waals surface area contributed by atoms with E-state index in [1.54, 1.807) is 21.9 Å². The second-order valence-corrected chi connectivity index (χ2v) is 14.4. The van der Waals surface area contributed by atoms with Crippen LogP contribution in [0.25, 0.3) is 54.7 Å². The Hall–Kier alpha value is -6.96. The van der Waals surface area contributed by atoms with Crippen molar-refractivity contribution in [2.45, 2.75) is 52.4 Å². The van der Waals surface area contributed by atoms with Gasteiger partial charge >= 0.3 is 12.2 Å². The number of carbonyl (C=O) groups is 4. The molecule has 0 bridgehead atoms. The van der Waals surface area contributed by atoms with Gasteiger partial charge in [-0.25, -0.2) is 19.6 Å². The standard InChI is InChI=1S/C44H46N8O6/c1-6-20-51(38(53)23-45-43(55)57-4)24-36-46-34-18-14-30-21-28(12-16-32(30)40(34)48-36)29-13-17-33-31(22-29)15-19-35-41(33)49-37(47-35)25-52(26(2)3)42(54)39(50-44(56)58-5)27-10-8-7-9-11-27/h7-19,21-22,26,39H,6,20,23-25H2,1-5H3,(H,45,55)(H,46,48)(H,47,49)(H,50,56)/t39-/m1/s1. The van der Waals surface area contributed by atoms with Crippen LogP contribution < -0.4 is 10.6 Å². The highest BCUT2D eigenvalue weighted by Crippen LogP contribution is 2.33. The number of fused-ring (bicyclic) bond motifs is 6. The van der Waals surface area contributed by atoms with Crippen LogP contribution >= 0.6 is 0 Å². The molecule has 0 saturated carbocycles. The molecule has 14 nitrogen and oxygen atoms in total. The van der Waals surface area contributed by atoms with E-state index < -0.39 is 18.2 Å². The minimum Gasteiger partial charge on any atom is -0.453 e. The molecule has 5 aromatic carbocycles. The van der Waals surface area contributed by atoms with Gasteiger partial charge in [-0.05, 0) is 72.0 Å². The number of rotatable bonds is 13. The van der Waals surface area contributed by atoms with Gasteiger partial charge in [0.15, 0.2) is 0 Å². The quantitative estimate of drug-likeness (QED) is 0.0940. The van der Waals surface area contributed by atoms with Crippen LogP contribution in [0.3, 0.4) is 0 Å². The van der Waals surface area contributed by atoms with Gasteiger partial charge in [-0.1, -0.05) is 73.7 Å². The lowest BCUT2D eigenvalue weighted by Gasteiger charge is -2.30. The fraction of sp³-hybridized carbons (Fsp3) is 0.273. The third-order valence-electron chi connectivity index (χ3n) is 10.2. The van der Waals surface area contributed by atoms with Gasteiger partial charge in [0.25, 0.3) is 5.91 Å². The monoisotopic (exact) mass is 782 g/mol. The van der Waals surface area contributed by atoms with Crippen molar-refractivity contribution in [2.24, 2.45) is 0 Å². The summed E-state index contributed by atoms with van der Waals surface area (Å²) in [5.74, 6) is 0.784. The SMILES string of the molecule is CCCN(Cc1nc2c(ccc3cc(-c4ccc5c(ccc6[nH]c(CN(C(=O)[C@H](NC(=O)OC)c7ccccc7)C(C)C)nc65)c4)ccc32)[nH]1)C(=O)CNC(=O)OC. The second-order valence-electron chi connectivity index (χ2n) is 14.4. The lowest BCUT2D eigenvalue weighted by atomic mass is 9.98. The number of amides is 4. The Kier molecular flexibility index (Phi) is 11.5. The Balaban J connectivity index is 1.12. The number of H-pyrrole nitrogens is 2. The molecule has 1 atom stereocenters. The minimum atomic E-state index is -0.930. The first kappa shape index (κ1) is 39.3. The van der Waals surface area contributed by atoms with Crippen molar-refractivity contribution >= 4 is 67.6 Å². The molecule has 14 heteroatoms. The number of aromatic nitrogens is 4. The van der Waals surface area contributed by atoms with E-state index in [9.17, 15) is 19.2 Å². The van der Waals surface area contributed by atoms with Crippen molar-refractivity contribution in [2.75, 3.05) is 27.3 Å². The third kappa shape index (κ3) is 8.26. The van der Waals surface area contributed by atoms with E-state index in [2.05, 4.69) is 73.9 Å². The Labute approximate surface area is 334 Å². The average molecular weight is 783 g/mol. The number of methoxy groups -OCH3 is 2. The number of imidazole rings is 2. The van der Waals surface area contributed by atoms with Gasteiger partial charge in [-0.3, -0.25) is 9.59 Å². The third-order valence-corrected chi connectivity index (χ3v) is 10.2. The number of nitrogens with one attached hydrogen (secondary N) is 4. The topological polar surface area (TPSA) is 175 Å². The largest absolute Gasteiger partial charge is 0.453 e. The fourth-order valence-corrected chi connectivity index (χ4v) is 7.24. The summed E-state index contributed by atoms with van der Waals surface area (Å²) in [6.45, 7) is 6.71. The van der Waals surface area contributed by atoms with Crippen LogP contribution in [0, 0.1) is 0 Å². The molecule has 7 rings (SSSR count). The summed E-state index contributed by atoms with van der Waals surface area (Å²) in [5.41, 5.74) is 6.09. The van der Waals surface area contributed by atoms with E-state index in [1.807, 2.05) is 51.1 Å². The summed E-state index contributed by atoms with van der Waals surface area (Å²) in [6.07, 6.45) is -0.590. The number of benzene rings is 5. The molecule has 0 spiro atoms. The van der Waals surface area contributed by atoms with Gasteiger partial charge in [0.1, 0.15) is 24.2 Å². The Morgan fingerprint density at radius 2 is 1.29 bits per heavy atom. The van der Waals surface area contributed by atoms with Crippen molar-refractivity contribution in [3.8, 4) is 11.1 Å². The van der Waals surface area contributed by atoms with Gasteiger partial charge in [-0.15, -0.1) is 0 Å². The molecule has 0 fully saturated rings. The molecule has 2 aromatic heterocycles. The summed E-state index contributed by atoms with van der Waals surface area (Å²) >= 11 is 0. The Morgan fingerprint density at radius 1 is 0.724 bits per heavy atom. The van der Waals surface area contributed by atoms with E-state index in [0.29, 0.717) is 23.8 Å². The smallest absolute Gasteiger partial charge is 0.407 e. The van der Waals surface area contributed by atoms with Crippen LogP contribution in [0.4, 0.5) is 9.59 Å². The normalized spacial score (nSPS) is 11.9. The zero-order valence-electron chi connectivity index (χ0n) is 33.1. The van der Waals surface area contributed by atoms with E-state index in [1.165, 1.54) is 14.2 Å². The predicted molar refractivity (Wildman–Crippen MR) is 223 cm³/mol. The zero-order valence-corrected chi connectivity index (χ0v) is 33.1. The van der Waals surface area contributed by atoms with E-state index in [4.69, 9.17) is 14.7 Å². The van der Waals surface area contributed by atoms with E-state index in [-0.39, 0.29) is 37.5 Å². The predicted octanol–water partition coefficient (Wildman–Crippen LogP) is 7.34. The Morgan fingerprint density at radius 3 is 1.83 bits per heavy atom. The highest BCUT2D eigenvalue weighted by molar-refractivity contribution is 6.07. The molecule has 4 amide bonds. The molecule has 4 N–H and O–H groups in total. The Bertz CT molecular complexity index is 2640. The van der Waals surface area contributed by atoms with Crippen LogP contribution in [0.15, 0.2) is 91.0 Å². The van der Waals surface area contributed by atoms with Crippen LogP contribution in [-0.4, -0.2) is 87.1 Å². The number of ether oxygens (including phenoxy) is 2. The molecule has 0 aliphatic heterocycles. The van der Waals surface area contributed by atoms with Crippen LogP contribution in [0.2, 0.25) is 0 Å². The maximum absolute atomic E-state index is 14.0. The molecule has 0 saturated heterocycles. The maximum Gasteiger partial charge on any atom is 0.407 e. The zero-order chi connectivity index (χ0) is 40.9. The fourth-order valence-electron chi connectivity index (χ4n) is 7.24. The summed E-state index contributed by atoms with van der Waals surface area (Å²) in [7, 11) is 2.53. The molecule has 0 radical (unpaired) electrons. The minimum absolute atomic E-state index is 0.158. The maximum atomic E-state index is 14.0. The summed E-state index contributed by atoms with van der Waals surface area (Å²) < 4.78 is 9.43.